The van der Waals surface area contributed by atoms with Crippen LogP contribution in [-0.2, 0) is 21.4 Å². The number of fused-ring (bicyclic) bond motifs is 1. The highest BCUT2D eigenvalue weighted by molar-refractivity contribution is 7.89. The number of aliphatic hydroxyl groups is 1. The first kappa shape index (κ1) is 18.8. The number of amides is 1. The van der Waals surface area contributed by atoms with Crippen LogP contribution in [0.25, 0.3) is 0 Å². The number of methoxy groups -OCH3 is 1. The van der Waals surface area contributed by atoms with E-state index in [2.05, 4.69) is 0 Å². The molecule has 0 saturated carbocycles. The van der Waals surface area contributed by atoms with Crippen LogP contribution in [0.2, 0.25) is 0 Å². The Hall–Kier alpha value is -1.98. The average molecular weight is 398 g/mol. The number of nitrogens with zero attached hydrogens (tertiary/aromatic N) is 1. The third kappa shape index (κ3) is 3.10. The molecule has 0 fully saturated rings. The largest absolute Gasteiger partial charge is 0.497 e. The van der Waals surface area contributed by atoms with Gasteiger partial charge in [-0.1, -0.05) is 0 Å². The summed E-state index contributed by atoms with van der Waals surface area (Å²) in [6.45, 7) is 1.75. The molecule has 0 spiro atoms. The van der Waals surface area contributed by atoms with Crippen LogP contribution in [-0.4, -0.2) is 42.1 Å². The standard InChI is InChI=1S/C16H18N2O6S2/c1-9-7-10-8-18(13(16(20)17-21)14(19)15(10)25-9)26(22,23)12-5-3-11(24-2)4-6-12/h3-7,13-14,19,21H,8H2,1-2H3,(H,17,20)/t13-,14-/m1/s1. The van der Waals surface area contributed by atoms with E-state index in [1.54, 1.807) is 6.07 Å². The lowest BCUT2D eigenvalue weighted by atomic mass is 10.0. The first-order valence-electron chi connectivity index (χ1n) is 7.66. The Balaban J connectivity index is 2.08. The summed E-state index contributed by atoms with van der Waals surface area (Å²) >= 11 is 1.29. The number of hydrogen-bond donors (Lipinski definition) is 3. The molecule has 2 aromatic rings. The van der Waals surface area contributed by atoms with E-state index in [1.165, 1.54) is 48.2 Å². The van der Waals surface area contributed by atoms with Crippen molar-refractivity contribution in [1.82, 2.24) is 9.79 Å². The van der Waals surface area contributed by atoms with Crippen molar-refractivity contribution in [2.75, 3.05) is 7.11 Å². The molecular weight excluding hydrogens is 380 g/mol. The van der Waals surface area contributed by atoms with E-state index in [0.717, 1.165) is 9.18 Å². The number of rotatable bonds is 4. The predicted octanol–water partition coefficient (Wildman–Crippen LogP) is 1.18. The summed E-state index contributed by atoms with van der Waals surface area (Å²) in [6.07, 6.45) is -1.38. The van der Waals surface area contributed by atoms with Gasteiger partial charge in [-0.2, -0.15) is 4.31 Å². The van der Waals surface area contributed by atoms with E-state index < -0.39 is 28.1 Å². The zero-order valence-corrected chi connectivity index (χ0v) is 15.7. The van der Waals surface area contributed by atoms with E-state index in [-0.39, 0.29) is 11.4 Å². The first-order chi connectivity index (χ1) is 12.3. The molecule has 0 saturated heterocycles. The summed E-state index contributed by atoms with van der Waals surface area (Å²) < 4.78 is 32.1. The summed E-state index contributed by atoms with van der Waals surface area (Å²) in [5, 5.41) is 19.6. The fraction of sp³-hybridized carbons (Fsp3) is 0.312. The molecule has 1 aliphatic heterocycles. The second-order valence-electron chi connectivity index (χ2n) is 5.84. The molecule has 0 unspecified atom stereocenters. The summed E-state index contributed by atoms with van der Waals surface area (Å²) in [6, 6.07) is 6.03. The maximum absolute atomic E-state index is 13.1. The van der Waals surface area contributed by atoms with Crippen LogP contribution in [0.3, 0.4) is 0 Å². The van der Waals surface area contributed by atoms with Gasteiger partial charge in [0.1, 0.15) is 17.9 Å². The third-order valence-electron chi connectivity index (χ3n) is 4.21. The molecule has 2 atom stereocenters. The Labute approximate surface area is 154 Å². The summed E-state index contributed by atoms with van der Waals surface area (Å²) in [5.74, 6) is -0.505. The highest BCUT2D eigenvalue weighted by Gasteiger charge is 2.46. The fourth-order valence-electron chi connectivity index (χ4n) is 2.98. The van der Waals surface area contributed by atoms with Crippen molar-refractivity contribution < 1.29 is 28.3 Å². The average Bonchev–Trinajstić information content (AvgIpc) is 3.02. The second kappa shape index (κ2) is 6.97. The number of benzene rings is 1. The van der Waals surface area contributed by atoms with Crippen LogP contribution < -0.4 is 10.2 Å². The number of carbonyl (C=O) groups excluding carboxylic acids is 1. The number of aliphatic hydroxyl groups excluding tert-OH is 1. The molecule has 3 rings (SSSR count). The predicted molar refractivity (Wildman–Crippen MR) is 93.5 cm³/mol. The van der Waals surface area contributed by atoms with E-state index in [9.17, 15) is 18.3 Å². The quantitative estimate of drug-likeness (QED) is 0.526. The molecule has 0 bridgehead atoms. The summed E-state index contributed by atoms with van der Waals surface area (Å²) in [5.41, 5.74) is 2.09. The van der Waals surface area contributed by atoms with Gasteiger partial charge >= 0.3 is 0 Å². The first-order valence-corrected chi connectivity index (χ1v) is 9.92. The van der Waals surface area contributed by atoms with Crippen molar-refractivity contribution in [3.63, 3.8) is 0 Å². The van der Waals surface area contributed by atoms with Crippen LogP contribution >= 0.6 is 11.3 Å². The molecule has 1 amide bonds. The number of nitrogens with one attached hydrogen (secondary N) is 1. The number of carbonyl (C=O) groups is 1. The topological polar surface area (TPSA) is 116 Å². The van der Waals surface area contributed by atoms with Crippen molar-refractivity contribution in [3.8, 4) is 5.75 Å². The summed E-state index contributed by atoms with van der Waals surface area (Å²) in [4.78, 5) is 13.5. The van der Waals surface area contributed by atoms with Gasteiger partial charge in [0, 0.05) is 16.3 Å². The maximum atomic E-state index is 13.1. The van der Waals surface area contributed by atoms with Crippen molar-refractivity contribution in [3.05, 3.63) is 45.6 Å². The lowest BCUT2D eigenvalue weighted by Crippen LogP contribution is -2.53. The van der Waals surface area contributed by atoms with Crippen LogP contribution in [0.1, 0.15) is 21.4 Å². The molecule has 26 heavy (non-hydrogen) atoms. The van der Waals surface area contributed by atoms with Crippen LogP contribution in [0.4, 0.5) is 0 Å². The second-order valence-corrected chi connectivity index (χ2v) is 9.02. The van der Waals surface area contributed by atoms with Gasteiger partial charge in [-0.15, -0.1) is 11.3 Å². The zero-order chi connectivity index (χ0) is 19.1. The molecule has 3 N–H and O–H groups in total. The van der Waals surface area contributed by atoms with Gasteiger partial charge in [0.05, 0.1) is 12.0 Å². The van der Waals surface area contributed by atoms with Crippen molar-refractivity contribution >= 4 is 27.3 Å². The highest BCUT2D eigenvalue weighted by atomic mass is 32.2. The number of hydroxylamine groups is 1. The number of hydrogen-bond acceptors (Lipinski definition) is 7. The van der Waals surface area contributed by atoms with E-state index in [0.29, 0.717) is 16.2 Å². The van der Waals surface area contributed by atoms with Gasteiger partial charge in [0.2, 0.25) is 10.0 Å². The smallest absolute Gasteiger partial charge is 0.264 e. The molecule has 140 valence electrons. The van der Waals surface area contributed by atoms with Gasteiger partial charge in [-0.05, 0) is 42.8 Å². The SMILES string of the molecule is COc1ccc(S(=O)(=O)N2Cc3cc(C)sc3[C@H](O)[C@@H]2C(=O)NO)cc1. The maximum Gasteiger partial charge on any atom is 0.264 e. The molecule has 2 heterocycles. The fourth-order valence-corrected chi connectivity index (χ4v) is 5.61. The van der Waals surface area contributed by atoms with Crippen molar-refractivity contribution in [2.24, 2.45) is 0 Å². The van der Waals surface area contributed by atoms with Gasteiger partial charge in [0.25, 0.3) is 5.91 Å². The van der Waals surface area contributed by atoms with Gasteiger partial charge in [-0.3, -0.25) is 10.0 Å². The molecule has 0 radical (unpaired) electrons. The Morgan fingerprint density at radius 2 is 2.00 bits per heavy atom. The molecule has 1 aromatic carbocycles. The van der Waals surface area contributed by atoms with E-state index in [1.807, 2.05) is 6.92 Å². The normalized spacial score (nSPS) is 20.5. The molecule has 1 aliphatic rings. The Morgan fingerprint density at radius 1 is 1.35 bits per heavy atom. The Morgan fingerprint density at radius 3 is 2.58 bits per heavy atom. The highest BCUT2D eigenvalue weighted by Crippen LogP contribution is 2.40. The Bertz CT molecular complexity index is 923. The molecule has 10 heteroatoms. The summed E-state index contributed by atoms with van der Waals surface area (Å²) in [7, 11) is -2.64. The van der Waals surface area contributed by atoms with E-state index in [4.69, 9.17) is 9.94 Å². The Kier molecular flexibility index (Phi) is 5.04. The molecular formula is C16H18N2O6S2. The number of thiophene rings is 1. The van der Waals surface area contributed by atoms with E-state index >= 15 is 0 Å². The van der Waals surface area contributed by atoms with Crippen LogP contribution in [0.15, 0.2) is 35.2 Å². The number of sulfonamides is 1. The number of ether oxygens (including phenoxy) is 1. The van der Waals surface area contributed by atoms with Gasteiger partial charge in [-0.25, -0.2) is 13.9 Å². The van der Waals surface area contributed by atoms with Gasteiger partial charge < -0.3 is 9.84 Å². The zero-order valence-electron chi connectivity index (χ0n) is 14.0. The van der Waals surface area contributed by atoms with Crippen LogP contribution in [0.5, 0.6) is 5.75 Å². The lowest BCUT2D eigenvalue weighted by Gasteiger charge is -2.36. The number of aryl methyl sites for hydroxylation is 1. The lowest BCUT2D eigenvalue weighted by molar-refractivity contribution is -0.137. The monoisotopic (exact) mass is 398 g/mol. The minimum absolute atomic E-state index is 0.0448. The molecule has 8 nitrogen and oxygen atoms in total. The van der Waals surface area contributed by atoms with Crippen molar-refractivity contribution in [1.29, 1.82) is 0 Å². The minimum atomic E-state index is -4.11. The van der Waals surface area contributed by atoms with Crippen LogP contribution in [0, 0.1) is 6.92 Å². The minimum Gasteiger partial charge on any atom is -0.497 e. The van der Waals surface area contributed by atoms with Gasteiger partial charge in [0.15, 0.2) is 0 Å². The molecule has 0 aliphatic carbocycles. The van der Waals surface area contributed by atoms with Crippen molar-refractivity contribution in [2.45, 2.75) is 30.5 Å². The molecule has 1 aromatic heterocycles. The third-order valence-corrected chi connectivity index (χ3v) is 7.22.